The van der Waals surface area contributed by atoms with E-state index in [4.69, 9.17) is 4.74 Å². The molecule has 0 saturated carbocycles. The van der Waals surface area contributed by atoms with Gasteiger partial charge in [-0.15, -0.1) is 0 Å². The number of rotatable bonds is 2. The predicted molar refractivity (Wildman–Crippen MR) is 52.5 cm³/mol. The Morgan fingerprint density at radius 3 is 2.67 bits per heavy atom. The van der Waals surface area contributed by atoms with Crippen LogP contribution in [0.2, 0.25) is 0 Å². The second-order valence-corrected chi connectivity index (χ2v) is 2.81. The van der Waals surface area contributed by atoms with E-state index in [0.29, 0.717) is 6.10 Å². The molecular weight excluding hydrogens is 152 g/mol. The summed E-state index contributed by atoms with van der Waals surface area (Å²) in [5.74, 6) is 0. The molecule has 1 aliphatic rings. The Morgan fingerprint density at radius 2 is 2.17 bits per heavy atom. The smallest absolute Gasteiger partial charge is 0.0826 e. The fourth-order valence-electron chi connectivity index (χ4n) is 1.22. The van der Waals surface area contributed by atoms with Gasteiger partial charge in [0, 0.05) is 19.6 Å². The van der Waals surface area contributed by atoms with Gasteiger partial charge in [-0.1, -0.05) is 13.8 Å². The number of hydrogen-bond donors (Lipinski definition) is 1. The highest BCUT2D eigenvalue weighted by molar-refractivity contribution is 4.69. The van der Waals surface area contributed by atoms with Gasteiger partial charge in [0.1, 0.15) is 0 Å². The van der Waals surface area contributed by atoms with Crippen LogP contribution in [0.25, 0.3) is 0 Å². The molecule has 3 heteroatoms. The van der Waals surface area contributed by atoms with Crippen LogP contribution in [0.3, 0.4) is 0 Å². The summed E-state index contributed by atoms with van der Waals surface area (Å²) in [4.78, 5) is 2.30. The standard InChI is InChI=1S/C7H16N2O.C2H6/c1-8-5-7-6-9(2)3-4-10-7;1-2/h7-8H,3-6H2,1-2H3;1-2H3. The van der Waals surface area contributed by atoms with Crippen LogP contribution in [0, 0.1) is 0 Å². The summed E-state index contributed by atoms with van der Waals surface area (Å²) in [6.07, 6.45) is 0.392. The molecule has 12 heavy (non-hydrogen) atoms. The number of hydrogen-bond acceptors (Lipinski definition) is 3. The zero-order valence-corrected chi connectivity index (χ0v) is 8.76. The zero-order chi connectivity index (χ0) is 9.40. The molecule has 1 fully saturated rings. The van der Waals surface area contributed by atoms with Crippen molar-refractivity contribution in [3.05, 3.63) is 0 Å². The fourth-order valence-corrected chi connectivity index (χ4v) is 1.22. The third kappa shape index (κ3) is 4.70. The predicted octanol–water partition coefficient (Wildman–Crippen LogP) is 0.563. The number of nitrogens with one attached hydrogen (secondary N) is 1. The first-order chi connectivity index (χ1) is 5.83. The summed E-state index contributed by atoms with van der Waals surface area (Å²) in [6, 6.07) is 0. The maximum atomic E-state index is 5.48. The SMILES string of the molecule is CC.CNCC1CN(C)CCO1. The molecule has 74 valence electrons. The molecule has 0 amide bonds. The van der Waals surface area contributed by atoms with E-state index in [1.807, 2.05) is 20.9 Å². The highest BCUT2D eigenvalue weighted by Gasteiger charge is 2.15. The minimum atomic E-state index is 0.392. The van der Waals surface area contributed by atoms with Gasteiger partial charge in [-0.25, -0.2) is 0 Å². The van der Waals surface area contributed by atoms with E-state index in [-0.39, 0.29) is 0 Å². The lowest BCUT2D eigenvalue weighted by atomic mass is 10.3. The van der Waals surface area contributed by atoms with Crippen LogP contribution < -0.4 is 5.32 Å². The van der Waals surface area contributed by atoms with E-state index in [0.717, 1.165) is 26.2 Å². The van der Waals surface area contributed by atoms with Crippen molar-refractivity contribution in [2.24, 2.45) is 0 Å². The first kappa shape index (κ1) is 11.9. The van der Waals surface area contributed by atoms with Gasteiger partial charge in [-0.3, -0.25) is 0 Å². The molecule has 0 aliphatic carbocycles. The summed E-state index contributed by atoms with van der Waals surface area (Å²) in [5.41, 5.74) is 0. The van der Waals surface area contributed by atoms with Crippen LogP contribution in [-0.2, 0) is 4.74 Å². The molecule has 1 aliphatic heterocycles. The van der Waals surface area contributed by atoms with Crippen LogP contribution in [0.15, 0.2) is 0 Å². The van der Waals surface area contributed by atoms with Crippen molar-refractivity contribution in [2.45, 2.75) is 20.0 Å². The third-order valence-electron chi connectivity index (χ3n) is 1.77. The number of nitrogens with zero attached hydrogens (tertiary/aromatic N) is 1. The molecule has 0 aromatic heterocycles. The second-order valence-electron chi connectivity index (χ2n) is 2.81. The van der Waals surface area contributed by atoms with Gasteiger partial charge in [-0.2, -0.15) is 0 Å². The van der Waals surface area contributed by atoms with Crippen molar-refractivity contribution in [1.29, 1.82) is 0 Å². The van der Waals surface area contributed by atoms with Gasteiger partial charge in [0.2, 0.25) is 0 Å². The Kier molecular flexibility index (Phi) is 7.45. The molecule has 1 unspecified atom stereocenters. The van der Waals surface area contributed by atoms with E-state index in [1.165, 1.54) is 0 Å². The summed E-state index contributed by atoms with van der Waals surface area (Å²) >= 11 is 0. The lowest BCUT2D eigenvalue weighted by Crippen LogP contribution is -2.44. The number of morpholine rings is 1. The number of ether oxygens (including phenoxy) is 1. The van der Waals surface area contributed by atoms with Crippen molar-refractivity contribution in [3.63, 3.8) is 0 Å². The van der Waals surface area contributed by atoms with Gasteiger partial charge in [0.25, 0.3) is 0 Å². The molecule has 3 nitrogen and oxygen atoms in total. The summed E-state index contributed by atoms with van der Waals surface area (Å²) in [6.45, 7) is 7.97. The van der Waals surface area contributed by atoms with E-state index < -0.39 is 0 Å². The Labute approximate surface area is 76.1 Å². The summed E-state index contributed by atoms with van der Waals surface area (Å²) < 4.78 is 5.48. The Balaban J connectivity index is 0.000000561. The Morgan fingerprint density at radius 1 is 1.50 bits per heavy atom. The first-order valence-corrected chi connectivity index (χ1v) is 4.77. The van der Waals surface area contributed by atoms with Crippen LogP contribution in [0.4, 0.5) is 0 Å². The van der Waals surface area contributed by atoms with Gasteiger partial charge in [0.05, 0.1) is 12.7 Å². The van der Waals surface area contributed by atoms with Crippen LogP contribution >= 0.6 is 0 Å². The minimum absolute atomic E-state index is 0.392. The molecular formula is C9H22N2O. The molecule has 1 atom stereocenters. The van der Waals surface area contributed by atoms with Crippen molar-refractivity contribution in [1.82, 2.24) is 10.2 Å². The van der Waals surface area contributed by atoms with Crippen molar-refractivity contribution < 1.29 is 4.74 Å². The molecule has 1 rings (SSSR count). The molecule has 0 spiro atoms. The molecule has 0 aromatic carbocycles. The second kappa shape index (κ2) is 7.53. The van der Waals surface area contributed by atoms with Crippen molar-refractivity contribution >= 4 is 0 Å². The average molecular weight is 174 g/mol. The lowest BCUT2D eigenvalue weighted by Gasteiger charge is -2.29. The lowest BCUT2D eigenvalue weighted by molar-refractivity contribution is -0.0172. The Bertz CT molecular complexity index is 96.5. The maximum Gasteiger partial charge on any atom is 0.0826 e. The molecule has 0 bridgehead atoms. The summed E-state index contributed by atoms with van der Waals surface area (Å²) in [7, 11) is 4.09. The van der Waals surface area contributed by atoms with Gasteiger partial charge >= 0.3 is 0 Å². The number of likely N-dealkylation sites (N-methyl/N-ethyl adjacent to an activating group) is 2. The van der Waals surface area contributed by atoms with E-state index in [1.54, 1.807) is 0 Å². The maximum absolute atomic E-state index is 5.48. The van der Waals surface area contributed by atoms with Crippen LogP contribution in [0.1, 0.15) is 13.8 Å². The van der Waals surface area contributed by atoms with Gasteiger partial charge in [-0.05, 0) is 14.1 Å². The van der Waals surface area contributed by atoms with Crippen LogP contribution in [0.5, 0.6) is 0 Å². The van der Waals surface area contributed by atoms with E-state index in [9.17, 15) is 0 Å². The molecule has 0 aromatic rings. The molecule has 1 heterocycles. The largest absolute Gasteiger partial charge is 0.374 e. The summed E-state index contributed by atoms with van der Waals surface area (Å²) in [5, 5.41) is 3.11. The quantitative estimate of drug-likeness (QED) is 0.662. The van der Waals surface area contributed by atoms with Crippen molar-refractivity contribution in [2.75, 3.05) is 40.3 Å². The average Bonchev–Trinajstić information content (AvgIpc) is 2.09. The van der Waals surface area contributed by atoms with Crippen LogP contribution in [-0.4, -0.2) is 51.3 Å². The van der Waals surface area contributed by atoms with Gasteiger partial charge < -0.3 is 15.0 Å². The monoisotopic (exact) mass is 174 g/mol. The molecule has 0 radical (unpaired) electrons. The topological polar surface area (TPSA) is 24.5 Å². The van der Waals surface area contributed by atoms with E-state index >= 15 is 0 Å². The fraction of sp³-hybridized carbons (Fsp3) is 1.00. The Hall–Kier alpha value is -0.120. The molecule has 1 N–H and O–H groups in total. The van der Waals surface area contributed by atoms with Gasteiger partial charge in [0.15, 0.2) is 0 Å². The third-order valence-corrected chi connectivity index (χ3v) is 1.77. The van der Waals surface area contributed by atoms with E-state index in [2.05, 4.69) is 17.3 Å². The highest BCUT2D eigenvalue weighted by Crippen LogP contribution is 2.00. The minimum Gasteiger partial charge on any atom is -0.374 e. The zero-order valence-electron chi connectivity index (χ0n) is 8.76. The normalized spacial score (nSPS) is 24.5. The molecule has 1 saturated heterocycles. The first-order valence-electron chi connectivity index (χ1n) is 4.77. The van der Waals surface area contributed by atoms with Crippen molar-refractivity contribution in [3.8, 4) is 0 Å². The highest BCUT2D eigenvalue weighted by atomic mass is 16.5.